The Morgan fingerprint density at radius 1 is 1.61 bits per heavy atom. The van der Waals surface area contributed by atoms with Gasteiger partial charge in [0.1, 0.15) is 17.8 Å². The Morgan fingerprint density at radius 3 is 2.78 bits per heavy atom. The van der Waals surface area contributed by atoms with Crippen LogP contribution in [0.5, 0.6) is 0 Å². The molecule has 18 heavy (non-hydrogen) atoms. The molecule has 0 fully saturated rings. The molecule has 0 unspecified atom stereocenters. The molecule has 1 aromatic rings. The number of amides is 1. The van der Waals surface area contributed by atoms with Crippen molar-refractivity contribution in [3.05, 3.63) is 24.0 Å². The molecule has 0 aliphatic heterocycles. The predicted molar refractivity (Wildman–Crippen MR) is 64.9 cm³/mol. The molecule has 0 bridgehead atoms. The molecule has 1 aromatic heterocycles. The van der Waals surface area contributed by atoms with Gasteiger partial charge in [0.05, 0.1) is 0 Å². The maximum atomic E-state index is 10.9. The fraction of sp³-hybridized carbons (Fsp3) is 0.273. The smallest absolute Gasteiger partial charge is 0.327 e. The van der Waals surface area contributed by atoms with Crippen LogP contribution in [-0.2, 0) is 9.59 Å². The summed E-state index contributed by atoms with van der Waals surface area (Å²) in [6.45, 7) is 1.27. The van der Waals surface area contributed by atoms with E-state index in [0.29, 0.717) is 5.69 Å². The minimum atomic E-state index is -1.08. The molecule has 0 saturated carbocycles. The van der Waals surface area contributed by atoms with E-state index < -0.39 is 12.0 Å². The van der Waals surface area contributed by atoms with E-state index in [1.807, 2.05) is 6.07 Å². The molecule has 0 spiro atoms. The van der Waals surface area contributed by atoms with E-state index in [0.717, 1.165) is 4.90 Å². The third-order valence-electron chi connectivity index (χ3n) is 1.94. The number of carboxylic acids is 1. The van der Waals surface area contributed by atoms with Crippen molar-refractivity contribution in [2.75, 3.05) is 5.75 Å². The summed E-state index contributed by atoms with van der Waals surface area (Å²) < 4.78 is 0. The number of nitriles is 1. The van der Waals surface area contributed by atoms with E-state index in [2.05, 4.69) is 10.3 Å². The zero-order valence-corrected chi connectivity index (χ0v) is 10.4. The molecule has 0 saturated heterocycles. The first kappa shape index (κ1) is 14.0. The summed E-state index contributed by atoms with van der Waals surface area (Å²) in [4.78, 5) is 26.3. The summed E-state index contributed by atoms with van der Waals surface area (Å²) in [5.74, 6) is -1.28. The Labute approximate surface area is 108 Å². The molecular formula is C11H11N3O3S. The Hall–Kier alpha value is -2.07. The minimum Gasteiger partial charge on any atom is -0.480 e. The lowest BCUT2D eigenvalue weighted by Crippen LogP contribution is -2.41. The number of hydrogen-bond acceptors (Lipinski definition) is 5. The van der Waals surface area contributed by atoms with Crippen LogP contribution in [0.1, 0.15) is 12.6 Å². The first-order chi connectivity index (χ1) is 8.52. The van der Waals surface area contributed by atoms with Crippen molar-refractivity contribution in [1.29, 1.82) is 5.26 Å². The molecule has 2 N–H and O–H groups in total. The summed E-state index contributed by atoms with van der Waals surface area (Å²) in [6, 6.07) is 4.19. The van der Waals surface area contributed by atoms with E-state index >= 15 is 0 Å². The van der Waals surface area contributed by atoms with Gasteiger partial charge in [-0.1, -0.05) is 0 Å². The molecule has 0 radical (unpaired) electrons. The predicted octanol–water partition coefficient (Wildman–Crippen LogP) is 0.635. The highest BCUT2D eigenvalue weighted by molar-refractivity contribution is 7.99. The fourth-order valence-electron chi connectivity index (χ4n) is 1.13. The first-order valence-electron chi connectivity index (χ1n) is 5.02. The Kier molecular flexibility index (Phi) is 5.14. The van der Waals surface area contributed by atoms with Crippen LogP contribution >= 0.6 is 11.8 Å². The average molecular weight is 265 g/mol. The third-order valence-corrected chi connectivity index (χ3v) is 3.02. The molecule has 1 rings (SSSR count). The van der Waals surface area contributed by atoms with Crippen molar-refractivity contribution >= 4 is 23.6 Å². The summed E-state index contributed by atoms with van der Waals surface area (Å²) in [5.41, 5.74) is 0.302. The number of thioether (sulfide) groups is 1. The van der Waals surface area contributed by atoms with Crippen LogP contribution in [0.15, 0.2) is 23.2 Å². The van der Waals surface area contributed by atoms with Crippen LogP contribution in [0.25, 0.3) is 0 Å². The van der Waals surface area contributed by atoms with Crippen molar-refractivity contribution < 1.29 is 14.7 Å². The normalized spacial score (nSPS) is 11.3. The van der Waals surface area contributed by atoms with Gasteiger partial charge in [0.15, 0.2) is 0 Å². The lowest BCUT2D eigenvalue weighted by atomic mass is 10.3. The number of rotatable bonds is 5. The lowest BCUT2D eigenvalue weighted by Gasteiger charge is -2.12. The van der Waals surface area contributed by atoms with Crippen LogP contribution < -0.4 is 5.32 Å². The van der Waals surface area contributed by atoms with Gasteiger partial charge in [-0.3, -0.25) is 4.79 Å². The minimum absolute atomic E-state index is 0.197. The number of pyridine rings is 1. The zero-order valence-electron chi connectivity index (χ0n) is 9.58. The third kappa shape index (κ3) is 4.43. The van der Waals surface area contributed by atoms with E-state index in [4.69, 9.17) is 10.4 Å². The van der Waals surface area contributed by atoms with Gasteiger partial charge in [-0.05, 0) is 12.1 Å². The number of nitrogens with zero attached hydrogens (tertiary/aromatic N) is 2. The maximum Gasteiger partial charge on any atom is 0.327 e. The van der Waals surface area contributed by atoms with Gasteiger partial charge in [-0.25, -0.2) is 9.78 Å². The van der Waals surface area contributed by atoms with Gasteiger partial charge in [0.25, 0.3) is 0 Å². The van der Waals surface area contributed by atoms with E-state index in [1.165, 1.54) is 24.9 Å². The molecule has 0 aliphatic rings. The highest BCUT2D eigenvalue weighted by Crippen LogP contribution is 2.17. The van der Waals surface area contributed by atoms with Crippen molar-refractivity contribution in [3.8, 4) is 6.07 Å². The highest BCUT2D eigenvalue weighted by Gasteiger charge is 2.18. The van der Waals surface area contributed by atoms with Gasteiger partial charge < -0.3 is 10.4 Å². The Bertz CT molecular complexity index is 481. The number of carbonyl (C=O) groups is 2. The van der Waals surface area contributed by atoms with Crippen molar-refractivity contribution in [2.24, 2.45) is 0 Å². The van der Waals surface area contributed by atoms with Crippen LogP contribution in [0, 0.1) is 11.3 Å². The molecule has 6 nitrogen and oxygen atoms in total. The molecule has 94 valence electrons. The fourth-order valence-corrected chi connectivity index (χ4v) is 2.01. The second-order valence-corrected chi connectivity index (χ2v) is 4.49. The second-order valence-electron chi connectivity index (χ2n) is 3.39. The maximum absolute atomic E-state index is 10.9. The number of aromatic nitrogens is 1. The molecule has 7 heteroatoms. The zero-order chi connectivity index (χ0) is 13.5. The molecule has 1 heterocycles. The molecule has 0 aromatic carbocycles. The standard InChI is InChI=1S/C11H11N3O3S/c1-7(15)14-10(11(16)17)6-18-9-3-2-8(4-12)13-5-9/h2-3,5,10H,6H2,1H3,(H,14,15)(H,16,17)/t10-/m0/s1. The topological polar surface area (TPSA) is 103 Å². The quantitative estimate of drug-likeness (QED) is 0.757. The summed E-state index contributed by atoms with van der Waals surface area (Å²) in [6.07, 6.45) is 1.50. The number of carbonyl (C=O) groups excluding carboxylic acids is 1. The molecule has 1 amide bonds. The number of hydrogen-bond donors (Lipinski definition) is 2. The monoisotopic (exact) mass is 265 g/mol. The van der Waals surface area contributed by atoms with Gasteiger partial charge in [0.2, 0.25) is 5.91 Å². The van der Waals surface area contributed by atoms with Crippen molar-refractivity contribution in [2.45, 2.75) is 17.9 Å². The first-order valence-corrected chi connectivity index (χ1v) is 6.00. The molecule has 0 aliphatic carbocycles. The van der Waals surface area contributed by atoms with Crippen molar-refractivity contribution in [1.82, 2.24) is 10.3 Å². The van der Waals surface area contributed by atoms with Gasteiger partial charge in [0, 0.05) is 23.8 Å². The van der Waals surface area contributed by atoms with Gasteiger partial charge in [-0.2, -0.15) is 5.26 Å². The van der Waals surface area contributed by atoms with E-state index in [1.54, 1.807) is 12.1 Å². The summed E-state index contributed by atoms with van der Waals surface area (Å²) in [7, 11) is 0. The van der Waals surface area contributed by atoms with E-state index in [-0.39, 0.29) is 11.7 Å². The summed E-state index contributed by atoms with van der Waals surface area (Å²) >= 11 is 1.25. The van der Waals surface area contributed by atoms with Crippen LogP contribution in [0.3, 0.4) is 0 Å². The molecular weight excluding hydrogens is 254 g/mol. The van der Waals surface area contributed by atoms with Gasteiger partial charge >= 0.3 is 5.97 Å². The Balaban J connectivity index is 2.58. The van der Waals surface area contributed by atoms with Crippen molar-refractivity contribution in [3.63, 3.8) is 0 Å². The largest absolute Gasteiger partial charge is 0.480 e. The number of carboxylic acid groups (broad SMARTS) is 1. The van der Waals surface area contributed by atoms with Crippen LogP contribution in [0.4, 0.5) is 0 Å². The molecule has 1 atom stereocenters. The lowest BCUT2D eigenvalue weighted by molar-refractivity contribution is -0.140. The van der Waals surface area contributed by atoms with Crippen LogP contribution in [-0.4, -0.2) is 33.8 Å². The average Bonchev–Trinajstić information content (AvgIpc) is 2.34. The highest BCUT2D eigenvalue weighted by atomic mass is 32.2. The SMILES string of the molecule is CC(=O)N[C@@H](CSc1ccc(C#N)nc1)C(=O)O. The number of nitrogens with one attached hydrogen (secondary N) is 1. The second kappa shape index (κ2) is 6.61. The number of aliphatic carboxylic acids is 1. The van der Waals surface area contributed by atoms with Crippen LogP contribution in [0.2, 0.25) is 0 Å². The summed E-state index contributed by atoms with van der Waals surface area (Å²) in [5, 5.41) is 19.8. The van der Waals surface area contributed by atoms with E-state index in [9.17, 15) is 9.59 Å². The Morgan fingerprint density at radius 2 is 2.33 bits per heavy atom. The van der Waals surface area contributed by atoms with Gasteiger partial charge in [-0.15, -0.1) is 11.8 Å².